The van der Waals surface area contributed by atoms with Crippen LogP contribution in [-0.4, -0.2) is 40.5 Å². The summed E-state index contributed by atoms with van der Waals surface area (Å²) in [7, 11) is 0. The van der Waals surface area contributed by atoms with E-state index in [1.807, 2.05) is 13.8 Å². The van der Waals surface area contributed by atoms with E-state index in [-0.39, 0.29) is 11.7 Å². The minimum atomic E-state index is -0.456. The molecule has 1 fully saturated rings. The number of hydrogen-bond donors (Lipinski definition) is 3. The fourth-order valence-corrected chi connectivity index (χ4v) is 2.99. The van der Waals surface area contributed by atoms with Crippen LogP contribution in [0.4, 0.5) is 9.93 Å². The molecule has 0 aromatic carbocycles. The molecule has 2 rings (SSSR count). The second-order valence-corrected chi connectivity index (χ2v) is 7.43. The summed E-state index contributed by atoms with van der Waals surface area (Å²) >= 11 is 2.70. The van der Waals surface area contributed by atoms with E-state index in [0.29, 0.717) is 18.5 Å². The Morgan fingerprint density at radius 2 is 2.14 bits per heavy atom. The predicted molar refractivity (Wildman–Crippen MR) is 83.7 cm³/mol. The molecule has 0 aliphatic heterocycles. The molecule has 116 valence electrons. The third kappa shape index (κ3) is 6.30. The number of amides is 3. The third-order valence-corrected chi connectivity index (χ3v) is 4.55. The number of thioether (sulfide) groups is 1. The number of imide groups is 1. The molecule has 0 radical (unpaired) electrons. The van der Waals surface area contributed by atoms with Crippen molar-refractivity contribution < 1.29 is 9.59 Å². The normalized spacial score (nSPS) is 14.0. The minimum Gasteiger partial charge on any atom is -0.357 e. The third-order valence-electron chi connectivity index (χ3n) is 2.56. The van der Waals surface area contributed by atoms with Gasteiger partial charge in [-0.15, -0.1) is 10.2 Å². The van der Waals surface area contributed by atoms with E-state index in [1.54, 1.807) is 0 Å². The Labute approximate surface area is 131 Å². The molecule has 21 heavy (non-hydrogen) atoms. The first-order valence-corrected chi connectivity index (χ1v) is 8.63. The Kier molecular flexibility index (Phi) is 5.80. The van der Waals surface area contributed by atoms with Crippen molar-refractivity contribution in [1.29, 1.82) is 0 Å². The summed E-state index contributed by atoms with van der Waals surface area (Å²) in [5.74, 6) is 0.153. The van der Waals surface area contributed by atoms with Crippen LogP contribution in [0.1, 0.15) is 26.7 Å². The minimum absolute atomic E-state index is 0.146. The first-order valence-electron chi connectivity index (χ1n) is 6.83. The fraction of sp³-hybridized carbons (Fsp3) is 0.667. The molecule has 0 atom stereocenters. The molecular weight excluding hydrogens is 310 g/mol. The average molecular weight is 329 g/mol. The van der Waals surface area contributed by atoms with Gasteiger partial charge in [0.1, 0.15) is 0 Å². The molecule has 9 heteroatoms. The van der Waals surface area contributed by atoms with Gasteiger partial charge in [-0.2, -0.15) is 0 Å². The highest BCUT2D eigenvalue weighted by Gasteiger charge is 2.22. The lowest BCUT2D eigenvalue weighted by molar-refractivity contribution is -0.117. The van der Waals surface area contributed by atoms with Gasteiger partial charge in [0.15, 0.2) is 4.34 Å². The Hall–Kier alpha value is -1.35. The van der Waals surface area contributed by atoms with Gasteiger partial charge in [-0.1, -0.05) is 36.9 Å². The van der Waals surface area contributed by atoms with E-state index < -0.39 is 6.03 Å². The van der Waals surface area contributed by atoms with Crippen molar-refractivity contribution in [2.24, 2.45) is 5.92 Å². The van der Waals surface area contributed by atoms with E-state index >= 15 is 0 Å². The summed E-state index contributed by atoms with van der Waals surface area (Å²) in [6.45, 7) is 4.51. The van der Waals surface area contributed by atoms with Crippen molar-refractivity contribution in [1.82, 2.24) is 20.8 Å². The molecule has 1 saturated carbocycles. The van der Waals surface area contributed by atoms with E-state index in [9.17, 15) is 9.59 Å². The van der Waals surface area contributed by atoms with Crippen molar-refractivity contribution in [2.45, 2.75) is 37.1 Å². The Morgan fingerprint density at radius 3 is 2.81 bits per heavy atom. The number of nitrogens with zero attached hydrogens (tertiary/aromatic N) is 2. The van der Waals surface area contributed by atoms with Crippen LogP contribution in [0.15, 0.2) is 4.34 Å². The van der Waals surface area contributed by atoms with Crippen molar-refractivity contribution in [2.75, 3.05) is 17.6 Å². The van der Waals surface area contributed by atoms with E-state index in [4.69, 9.17) is 0 Å². The molecule has 1 aliphatic carbocycles. The van der Waals surface area contributed by atoms with Gasteiger partial charge >= 0.3 is 6.03 Å². The lowest BCUT2D eigenvalue weighted by Crippen LogP contribution is -2.41. The van der Waals surface area contributed by atoms with E-state index in [2.05, 4.69) is 26.1 Å². The van der Waals surface area contributed by atoms with Gasteiger partial charge in [-0.25, -0.2) is 4.79 Å². The zero-order chi connectivity index (χ0) is 15.2. The molecule has 1 aromatic heterocycles. The molecule has 1 aliphatic rings. The van der Waals surface area contributed by atoms with Gasteiger partial charge in [-0.3, -0.25) is 10.1 Å². The molecular formula is C12H19N5O2S2. The number of carbonyl (C=O) groups is 2. The lowest BCUT2D eigenvalue weighted by Gasteiger charge is -2.07. The van der Waals surface area contributed by atoms with Crippen LogP contribution in [0.3, 0.4) is 0 Å². The molecule has 0 spiro atoms. The standard InChI is InChI=1S/C12H19N5O2S2/c1-7(2)5-13-10(19)15-9(18)6-20-12-17-16-11(21-12)14-8-3-4-8/h7-8H,3-6H2,1-2H3,(H,14,16)(H2,13,15,18,19). The molecule has 0 saturated heterocycles. The number of nitrogens with one attached hydrogen (secondary N) is 3. The number of rotatable bonds is 7. The van der Waals surface area contributed by atoms with Crippen molar-refractivity contribution in [3.05, 3.63) is 0 Å². The van der Waals surface area contributed by atoms with Crippen LogP contribution in [0.5, 0.6) is 0 Å². The first-order chi connectivity index (χ1) is 10.0. The van der Waals surface area contributed by atoms with Gasteiger partial charge in [0.2, 0.25) is 11.0 Å². The number of urea groups is 1. The van der Waals surface area contributed by atoms with Gasteiger partial charge in [0, 0.05) is 12.6 Å². The zero-order valence-electron chi connectivity index (χ0n) is 12.0. The molecule has 3 amide bonds. The van der Waals surface area contributed by atoms with Crippen molar-refractivity contribution in [3.8, 4) is 0 Å². The van der Waals surface area contributed by atoms with Crippen LogP contribution in [-0.2, 0) is 4.79 Å². The highest BCUT2D eigenvalue weighted by Crippen LogP contribution is 2.29. The second-order valence-electron chi connectivity index (χ2n) is 5.23. The summed E-state index contributed by atoms with van der Waals surface area (Å²) in [5.41, 5.74) is 0. The Bertz CT molecular complexity index is 502. The van der Waals surface area contributed by atoms with Crippen LogP contribution in [0.2, 0.25) is 0 Å². The van der Waals surface area contributed by atoms with Gasteiger partial charge in [0.05, 0.1) is 5.75 Å². The summed E-state index contributed by atoms with van der Waals surface area (Å²) in [6, 6.07) is 0.0754. The van der Waals surface area contributed by atoms with Crippen molar-refractivity contribution in [3.63, 3.8) is 0 Å². The zero-order valence-corrected chi connectivity index (χ0v) is 13.6. The number of anilines is 1. The SMILES string of the molecule is CC(C)CNC(=O)NC(=O)CSc1nnc(NC2CC2)s1. The predicted octanol–water partition coefficient (Wildman–Crippen LogP) is 1.69. The van der Waals surface area contributed by atoms with E-state index in [1.165, 1.54) is 35.9 Å². The summed E-state index contributed by atoms with van der Waals surface area (Å²) in [4.78, 5) is 23.0. The highest BCUT2D eigenvalue weighted by molar-refractivity contribution is 8.01. The summed E-state index contributed by atoms with van der Waals surface area (Å²) in [5, 5.41) is 17.0. The average Bonchev–Trinajstić information content (AvgIpc) is 3.11. The first kappa shape index (κ1) is 16.0. The van der Waals surface area contributed by atoms with Crippen LogP contribution < -0.4 is 16.0 Å². The maximum absolute atomic E-state index is 11.6. The van der Waals surface area contributed by atoms with Crippen LogP contribution in [0.25, 0.3) is 0 Å². The van der Waals surface area contributed by atoms with Crippen LogP contribution >= 0.6 is 23.1 Å². The summed E-state index contributed by atoms with van der Waals surface area (Å²) < 4.78 is 0.718. The molecule has 3 N–H and O–H groups in total. The highest BCUT2D eigenvalue weighted by atomic mass is 32.2. The Morgan fingerprint density at radius 1 is 1.38 bits per heavy atom. The smallest absolute Gasteiger partial charge is 0.321 e. The summed E-state index contributed by atoms with van der Waals surface area (Å²) in [6.07, 6.45) is 2.35. The second kappa shape index (κ2) is 7.60. The van der Waals surface area contributed by atoms with Crippen molar-refractivity contribution >= 4 is 40.2 Å². The Balaban J connectivity index is 1.65. The monoisotopic (exact) mass is 329 g/mol. The quantitative estimate of drug-likeness (QED) is 0.659. The molecule has 1 heterocycles. The fourth-order valence-electron chi connectivity index (χ4n) is 1.36. The lowest BCUT2D eigenvalue weighted by atomic mass is 10.2. The van der Waals surface area contributed by atoms with Gasteiger partial charge in [-0.05, 0) is 18.8 Å². The molecule has 1 aromatic rings. The number of hydrogen-bond acceptors (Lipinski definition) is 7. The molecule has 7 nitrogen and oxygen atoms in total. The largest absolute Gasteiger partial charge is 0.357 e. The molecule has 0 unspecified atom stereocenters. The van der Waals surface area contributed by atoms with Crippen LogP contribution in [0, 0.1) is 5.92 Å². The van der Waals surface area contributed by atoms with E-state index in [0.717, 1.165) is 9.47 Å². The van der Waals surface area contributed by atoms with Gasteiger partial charge in [0.25, 0.3) is 0 Å². The maximum atomic E-state index is 11.6. The molecule has 0 bridgehead atoms. The van der Waals surface area contributed by atoms with Gasteiger partial charge < -0.3 is 10.6 Å². The topological polar surface area (TPSA) is 96.0 Å². The number of carbonyl (C=O) groups excluding carboxylic acids is 2. The number of aromatic nitrogens is 2. The maximum Gasteiger partial charge on any atom is 0.321 e.